The van der Waals surface area contributed by atoms with Crippen LogP contribution >= 0.6 is 39.1 Å². The van der Waals surface area contributed by atoms with Gasteiger partial charge < -0.3 is 4.98 Å². The van der Waals surface area contributed by atoms with Crippen molar-refractivity contribution in [2.75, 3.05) is 0 Å². The van der Waals surface area contributed by atoms with Crippen LogP contribution < -0.4 is 5.56 Å². The minimum absolute atomic E-state index is 0.195. The molecule has 0 bridgehead atoms. The molecular weight excluding hydrogens is 351 g/mol. The zero-order chi connectivity index (χ0) is 14.0. The van der Waals surface area contributed by atoms with Crippen LogP contribution in [-0.4, -0.2) is 9.97 Å². The quantitative estimate of drug-likeness (QED) is 0.877. The molecule has 2 aromatic rings. The van der Waals surface area contributed by atoms with Gasteiger partial charge in [-0.15, -0.1) is 0 Å². The van der Waals surface area contributed by atoms with E-state index in [1.807, 2.05) is 6.92 Å². The lowest BCUT2D eigenvalue weighted by molar-refractivity contribution is 0.861. The summed E-state index contributed by atoms with van der Waals surface area (Å²) >= 11 is 15.1. The maximum Gasteiger partial charge on any atom is 0.265 e. The van der Waals surface area contributed by atoms with Gasteiger partial charge in [-0.2, -0.15) is 0 Å². The summed E-state index contributed by atoms with van der Waals surface area (Å²) in [6.45, 7) is 2.04. The standard InChI is InChI=1S/C13H11BrCl2N2O/c1-2-3-10-11(14)13(19)18-12(17-10)7-4-5-8(15)9(16)6-7/h4-6H,2-3H2,1H3,(H,17,18,19). The van der Waals surface area contributed by atoms with Crippen LogP contribution in [0.2, 0.25) is 10.0 Å². The van der Waals surface area contributed by atoms with Crippen molar-refractivity contribution in [2.24, 2.45) is 0 Å². The van der Waals surface area contributed by atoms with Crippen molar-refractivity contribution in [1.82, 2.24) is 9.97 Å². The number of benzene rings is 1. The summed E-state index contributed by atoms with van der Waals surface area (Å²) in [5, 5.41) is 0.903. The Kier molecular flexibility index (Phi) is 4.66. The molecule has 0 atom stereocenters. The van der Waals surface area contributed by atoms with E-state index >= 15 is 0 Å². The monoisotopic (exact) mass is 360 g/mol. The average Bonchev–Trinajstić information content (AvgIpc) is 2.38. The first kappa shape index (κ1) is 14.6. The Balaban J connectivity index is 2.56. The topological polar surface area (TPSA) is 45.8 Å². The van der Waals surface area contributed by atoms with E-state index in [2.05, 4.69) is 25.9 Å². The van der Waals surface area contributed by atoms with Crippen molar-refractivity contribution in [2.45, 2.75) is 19.8 Å². The van der Waals surface area contributed by atoms with E-state index in [1.165, 1.54) is 0 Å². The molecule has 1 aromatic carbocycles. The molecular formula is C13H11BrCl2N2O. The summed E-state index contributed by atoms with van der Waals surface area (Å²) < 4.78 is 0.484. The molecule has 2 rings (SSSR count). The highest BCUT2D eigenvalue weighted by molar-refractivity contribution is 9.10. The Hall–Kier alpha value is -0.840. The van der Waals surface area contributed by atoms with Crippen LogP contribution in [0.4, 0.5) is 0 Å². The van der Waals surface area contributed by atoms with Crippen molar-refractivity contribution in [3.05, 3.63) is 48.8 Å². The maximum absolute atomic E-state index is 11.9. The minimum atomic E-state index is -0.195. The third-order valence-corrected chi connectivity index (χ3v) is 4.17. The molecule has 1 heterocycles. The predicted octanol–water partition coefficient (Wildman–Crippen LogP) is 4.46. The summed E-state index contributed by atoms with van der Waals surface area (Å²) in [5.74, 6) is 0.496. The third kappa shape index (κ3) is 3.19. The SMILES string of the molecule is CCCc1nc(-c2ccc(Cl)c(Cl)c2)[nH]c(=O)c1Br. The van der Waals surface area contributed by atoms with Crippen LogP contribution in [0.15, 0.2) is 27.5 Å². The van der Waals surface area contributed by atoms with E-state index in [0.717, 1.165) is 24.1 Å². The molecule has 100 valence electrons. The van der Waals surface area contributed by atoms with Crippen LogP contribution in [0, 0.1) is 0 Å². The first-order valence-electron chi connectivity index (χ1n) is 5.77. The molecule has 0 amide bonds. The molecule has 0 aliphatic carbocycles. The number of aromatic nitrogens is 2. The van der Waals surface area contributed by atoms with Crippen LogP contribution in [0.25, 0.3) is 11.4 Å². The highest BCUT2D eigenvalue weighted by Crippen LogP contribution is 2.27. The van der Waals surface area contributed by atoms with Gasteiger partial charge in [-0.1, -0.05) is 36.5 Å². The van der Waals surface area contributed by atoms with Gasteiger partial charge in [-0.05, 0) is 40.5 Å². The Labute approximate surface area is 129 Å². The molecule has 19 heavy (non-hydrogen) atoms. The molecule has 1 aromatic heterocycles. The number of hydrogen-bond acceptors (Lipinski definition) is 2. The molecule has 0 saturated heterocycles. The van der Waals surface area contributed by atoms with E-state index in [9.17, 15) is 4.79 Å². The van der Waals surface area contributed by atoms with Crippen molar-refractivity contribution in [1.29, 1.82) is 0 Å². The molecule has 6 heteroatoms. The Morgan fingerprint density at radius 3 is 2.68 bits per heavy atom. The van der Waals surface area contributed by atoms with Gasteiger partial charge in [-0.25, -0.2) is 4.98 Å². The van der Waals surface area contributed by atoms with Gasteiger partial charge in [-0.3, -0.25) is 4.79 Å². The smallest absolute Gasteiger partial charge is 0.265 e. The highest BCUT2D eigenvalue weighted by atomic mass is 79.9. The molecule has 0 fully saturated rings. The van der Waals surface area contributed by atoms with Crippen LogP contribution in [0.5, 0.6) is 0 Å². The van der Waals surface area contributed by atoms with Gasteiger partial charge in [0.25, 0.3) is 5.56 Å². The number of aromatic amines is 1. The van der Waals surface area contributed by atoms with Crippen LogP contribution in [0.3, 0.4) is 0 Å². The maximum atomic E-state index is 11.9. The van der Waals surface area contributed by atoms with Crippen molar-refractivity contribution >= 4 is 39.1 Å². The van der Waals surface area contributed by atoms with Gasteiger partial charge in [0, 0.05) is 5.56 Å². The predicted molar refractivity (Wildman–Crippen MR) is 82.0 cm³/mol. The lowest BCUT2D eigenvalue weighted by Crippen LogP contribution is -2.13. The van der Waals surface area contributed by atoms with Gasteiger partial charge in [0.2, 0.25) is 0 Å². The zero-order valence-corrected chi connectivity index (χ0v) is 13.2. The third-order valence-electron chi connectivity index (χ3n) is 2.61. The fourth-order valence-corrected chi connectivity index (χ4v) is 2.37. The van der Waals surface area contributed by atoms with E-state index < -0.39 is 0 Å². The number of nitrogens with zero attached hydrogens (tertiary/aromatic N) is 1. The van der Waals surface area contributed by atoms with E-state index in [1.54, 1.807) is 18.2 Å². The van der Waals surface area contributed by atoms with Crippen LogP contribution in [-0.2, 0) is 6.42 Å². The van der Waals surface area contributed by atoms with E-state index in [4.69, 9.17) is 23.2 Å². The van der Waals surface area contributed by atoms with Gasteiger partial charge in [0.1, 0.15) is 10.3 Å². The summed E-state index contributed by atoms with van der Waals surface area (Å²) in [4.78, 5) is 19.0. The van der Waals surface area contributed by atoms with E-state index in [0.29, 0.717) is 20.3 Å². The molecule has 0 saturated carbocycles. The number of aryl methyl sites for hydroxylation is 1. The lowest BCUT2D eigenvalue weighted by atomic mass is 10.2. The van der Waals surface area contributed by atoms with Crippen LogP contribution in [0.1, 0.15) is 19.0 Å². The van der Waals surface area contributed by atoms with Crippen molar-refractivity contribution in [3.8, 4) is 11.4 Å². The zero-order valence-electron chi connectivity index (χ0n) is 10.1. The fourth-order valence-electron chi connectivity index (χ4n) is 1.69. The molecule has 0 unspecified atom stereocenters. The lowest BCUT2D eigenvalue weighted by Gasteiger charge is -2.07. The Morgan fingerprint density at radius 1 is 1.32 bits per heavy atom. The van der Waals surface area contributed by atoms with E-state index in [-0.39, 0.29) is 5.56 Å². The summed E-state index contributed by atoms with van der Waals surface area (Å²) in [6, 6.07) is 5.14. The molecule has 3 nitrogen and oxygen atoms in total. The molecule has 0 spiro atoms. The molecule has 0 radical (unpaired) electrons. The normalized spacial score (nSPS) is 10.7. The first-order chi connectivity index (χ1) is 9.02. The Morgan fingerprint density at radius 2 is 2.05 bits per heavy atom. The van der Waals surface area contributed by atoms with Gasteiger partial charge in [0.15, 0.2) is 0 Å². The number of hydrogen-bond donors (Lipinski definition) is 1. The van der Waals surface area contributed by atoms with Gasteiger partial charge in [0.05, 0.1) is 15.7 Å². The first-order valence-corrected chi connectivity index (χ1v) is 7.32. The van der Waals surface area contributed by atoms with Gasteiger partial charge >= 0.3 is 0 Å². The number of H-pyrrole nitrogens is 1. The Bertz CT molecular complexity index is 670. The molecule has 0 aliphatic heterocycles. The second-order valence-corrected chi connectivity index (χ2v) is 5.66. The fraction of sp³-hybridized carbons (Fsp3) is 0.231. The largest absolute Gasteiger partial charge is 0.306 e. The highest BCUT2D eigenvalue weighted by Gasteiger charge is 2.10. The number of halogens is 3. The second kappa shape index (κ2) is 6.07. The molecule has 1 N–H and O–H groups in total. The molecule has 0 aliphatic rings. The average molecular weight is 362 g/mol. The van der Waals surface area contributed by atoms with Crippen molar-refractivity contribution in [3.63, 3.8) is 0 Å². The second-order valence-electron chi connectivity index (χ2n) is 4.05. The summed E-state index contributed by atoms with van der Waals surface area (Å²) in [5.41, 5.74) is 1.28. The van der Waals surface area contributed by atoms with Crippen molar-refractivity contribution < 1.29 is 0 Å². The number of nitrogens with one attached hydrogen (secondary N) is 1. The minimum Gasteiger partial charge on any atom is -0.306 e. The summed E-state index contributed by atoms with van der Waals surface area (Å²) in [6.07, 6.45) is 1.65. The number of rotatable bonds is 3. The summed E-state index contributed by atoms with van der Waals surface area (Å²) in [7, 11) is 0.